The molecule has 1 N–H and O–H groups in total. The monoisotopic (exact) mass is 1260 g/mol. The number of nitrogens with zero attached hydrogens (tertiary/aromatic N) is 12. The van der Waals surface area contributed by atoms with Crippen molar-refractivity contribution in [3.63, 3.8) is 0 Å². The normalized spacial score (nSPS) is 12.7. The van der Waals surface area contributed by atoms with Crippen LogP contribution in [0, 0.1) is 23.3 Å². The van der Waals surface area contributed by atoms with Crippen LogP contribution in [-0.4, -0.2) is 116 Å². The highest BCUT2D eigenvalue weighted by Crippen LogP contribution is 2.46. The second-order valence-electron chi connectivity index (χ2n) is 20.2. The smallest absolute Gasteiger partial charge is 0.268 e. The number of hydrogen-bond donors (Lipinski definition) is 1. The highest BCUT2D eigenvalue weighted by atomic mass is 35.5. The summed E-state index contributed by atoms with van der Waals surface area (Å²) < 4.78 is 114. The quantitative estimate of drug-likeness (QED) is 0.0626. The third-order valence-electron chi connectivity index (χ3n) is 14.8. The molecule has 1 saturated heterocycles. The first-order valence-electron chi connectivity index (χ1n) is 28.1. The summed E-state index contributed by atoms with van der Waals surface area (Å²) in [5, 5.41) is 3.08. The van der Waals surface area contributed by atoms with E-state index in [9.17, 15) is 8.42 Å². The van der Waals surface area contributed by atoms with Gasteiger partial charge >= 0.3 is 0 Å². The van der Waals surface area contributed by atoms with Crippen LogP contribution in [0.25, 0.3) is 45.3 Å². The third kappa shape index (κ3) is 11.4. The van der Waals surface area contributed by atoms with Crippen molar-refractivity contribution in [2.45, 2.75) is 13.8 Å². The Hall–Kier alpha value is -10.5. The Morgan fingerprint density at radius 2 is 1.23 bits per heavy atom. The molecule has 0 spiro atoms. The largest absolute Gasteiger partial charge is 0.494 e. The third-order valence-corrected chi connectivity index (χ3v) is 16.3. The number of fused-ring (bicyclic) bond motifs is 2. The number of carbonyl (C=O) groups is 2. The number of carbonyl (C=O) groups excluding carboxylic acids is 2. The van der Waals surface area contributed by atoms with Crippen molar-refractivity contribution in [1.29, 1.82) is 0 Å². The Balaban J connectivity index is 0.973. The number of nitrogens with one attached hydrogen (secondary N) is 1. The Labute approximate surface area is 517 Å². The number of aromatic nitrogens is 8. The number of imidazole rings is 2. The molecule has 0 aliphatic carbocycles. The first-order chi connectivity index (χ1) is 43.5. The van der Waals surface area contributed by atoms with Gasteiger partial charge in [-0.15, -0.1) is 0 Å². The molecule has 7 heterocycles. The predicted octanol–water partition coefficient (Wildman–Crippen LogP) is 12.4. The zero-order valence-corrected chi connectivity index (χ0v) is 49.9. The number of sulfonamides is 1. The van der Waals surface area contributed by atoms with Gasteiger partial charge in [-0.05, 0) is 129 Å². The highest BCUT2D eigenvalue weighted by molar-refractivity contribution is 7.88. The van der Waals surface area contributed by atoms with Gasteiger partial charge in [0.15, 0.2) is 11.6 Å². The molecule has 1 fully saturated rings. The molecule has 20 nitrogen and oxygen atoms in total. The van der Waals surface area contributed by atoms with E-state index >= 15 is 27.2 Å². The standard InChI is InChI=1S/C64H52ClF4N13O7S/c1-5-88-50-25-22-38(54-57(79-30-9-7-20-52(79)75-54)47-27-29-71-64(74-47)73-46-24-23-39(37-51(46)87-3)77-32-34-78(35-33-77)90(4,85)86)36-41(50)62(84)81(55-42(66)15-12-16-43(55)67)49-19-11-14-40(59(49)89-6-2)61(83)82(56-44(68)17-13-18-45(56)69)60-58(48-26-28-70-63(65)72-48)80-31-10-8-21-53(80)76-60/h7-31,36-37H,5-6,32-35H2,1-4H3,(H,71,73,74). The van der Waals surface area contributed by atoms with E-state index in [2.05, 4.69) is 25.2 Å². The van der Waals surface area contributed by atoms with Crippen LogP contribution in [-0.2, 0) is 10.0 Å². The Morgan fingerprint density at radius 3 is 1.88 bits per heavy atom. The van der Waals surface area contributed by atoms with Gasteiger partial charge in [0.25, 0.3) is 11.8 Å². The van der Waals surface area contributed by atoms with Gasteiger partial charge in [0, 0.05) is 68.3 Å². The molecule has 1 aliphatic rings. The maximum absolute atomic E-state index is 16.8. The van der Waals surface area contributed by atoms with Gasteiger partial charge in [-0.1, -0.05) is 30.3 Å². The summed E-state index contributed by atoms with van der Waals surface area (Å²) in [6.07, 6.45) is 7.48. The lowest BCUT2D eigenvalue weighted by Gasteiger charge is -2.35. The number of halogens is 5. The summed E-state index contributed by atoms with van der Waals surface area (Å²) in [4.78, 5) is 63.0. The van der Waals surface area contributed by atoms with E-state index in [4.69, 9.17) is 40.8 Å². The van der Waals surface area contributed by atoms with Crippen LogP contribution in [0.4, 0.5) is 57.8 Å². The molecule has 90 heavy (non-hydrogen) atoms. The average molecular weight is 1260 g/mol. The summed E-state index contributed by atoms with van der Waals surface area (Å²) in [7, 11) is -1.80. The minimum Gasteiger partial charge on any atom is -0.494 e. The van der Waals surface area contributed by atoms with E-state index in [1.807, 2.05) is 18.2 Å². The number of pyridine rings is 2. The van der Waals surface area contributed by atoms with Crippen molar-refractivity contribution in [3.05, 3.63) is 204 Å². The van der Waals surface area contributed by atoms with Crippen molar-refractivity contribution in [3.8, 4) is 51.3 Å². The molecule has 1 aliphatic heterocycles. The molecule has 5 aromatic carbocycles. The van der Waals surface area contributed by atoms with Gasteiger partial charge < -0.3 is 24.4 Å². The van der Waals surface area contributed by atoms with E-state index in [1.54, 1.807) is 85.4 Å². The van der Waals surface area contributed by atoms with Crippen LogP contribution >= 0.6 is 11.6 Å². The Morgan fingerprint density at radius 1 is 0.622 bits per heavy atom. The lowest BCUT2D eigenvalue weighted by molar-refractivity contribution is 0.0981. The number of amides is 2. The second-order valence-corrected chi connectivity index (χ2v) is 22.6. The number of ether oxygens (including phenoxy) is 3. The molecule has 26 heteroatoms. The SMILES string of the molecule is CCOc1ccc(-c2nc3ccccn3c2-c2ccnc(Nc3ccc(N4CCN(S(C)(=O)=O)CC4)cc3OC)n2)cc1C(=O)N(c1cccc(C(=O)N(c2nc3ccccn3c2-c2ccnc(Cl)n2)c2c(F)cccc2F)c1OCC)c1c(F)cccc1F. The van der Waals surface area contributed by atoms with Crippen LogP contribution in [0.5, 0.6) is 17.2 Å². The number of methoxy groups -OCH3 is 1. The van der Waals surface area contributed by atoms with Gasteiger partial charge in [-0.25, -0.2) is 55.9 Å². The fraction of sp³-hybridized carbons (Fsp3) is 0.156. The van der Waals surface area contributed by atoms with E-state index < -0.39 is 67.8 Å². The Bertz CT molecular complexity index is 4680. The molecule has 6 aromatic heterocycles. The first kappa shape index (κ1) is 59.8. The van der Waals surface area contributed by atoms with Gasteiger partial charge in [0.05, 0.1) is 71.9 Å². The average Bonchev–Trinajstić information content (AvgIpc) is 1.42. The molecule has 12 rings (SSSR count). The molecular formula is C64H52ClF4N13O7S. The first-order valence-corrected chi connectivity index (χ1v) is 30.3. The van der Waals surface area contributed by atoms with Gasteiger partial charge in [0.2, 0.25) is 21.3 Å². The molecule has 0 bridgehead atoms. The van der Waals surface area contributed by atoms with Crippen LogP contribution in [0.2, 0.25) is 5.28 Å². The van der Waals surface area contributed by atoms with Crippen LogP contribution < -0.4 is 34.2 Å². The molecule has 2 amide bonds. The number of hydrogen-bond acceptors (Lipinski definition) is 15. The number of benzene rings is 5. The molecule has 0 atom stereocenters. The topological polar surface area (TPSA) is 207 Å². The van der Waals surface area contributed by atoms with Crippen molar-refractivity contribution in [2.24, 2.45) is 0 Å². The molecular weight excluding hydrogens is 1210 g/mol. The fourth-order valence-electron chi connectivity index (χ4n) is 10.8. The number of piperazine rings is 1. The van der Waals surface area contributed by atoms with E-state index in [-0.39, 0.29) is 64.3 Å². The molecule has 0 radical (unpaired) electrons. The van der Waals surface area contributed by atoms with Gasteiger partial charge in [-0.3, -0.25) is 28.2 Å². The summed E-state index contributed by atoms with van der Waals surface area (Å²) >= 11 is 6.31. The second kappa shape index (κ2) is 24.9. The summed E-state index contributed by atoms with van der Waals surface area (Å²) in [5.74, 6) is -7.11. The highest BCUT2D eigenvalue weighted by Gasteiger charge is 2.38. The van der Waals surface area contributed by atoms with Crippen molar-refractivity contribution in [2.75, 3.05) is 72.8 Å². The number of anilines is 7. The minimum atomic E-state index is -3.33. The zero-order chi connectivity index (χ0) is 63.0. The molecule has 11 aromatic rings. The lowest BCUT2D eigenvalue weighted by Crippen LogP contribution is -2.48. The van der Waals surface area contributed by atoms with Crippen molar-refractivity contribution < 1.29 is 49.8 Å². The van der Waals surface area contributed by atoms with Crippen LogP contribution in [0.1, 0.15) is 34.6 Å². The van der Waals surface area contributed by atoms with Crippen LogP contribution in [0.3, 0.4) is 0 Å². The molecule has 0 unspecified atom stereocenters. The van der Waals surface area contributed by atoms with Crippen LogP contribution in [0.15, 0.2) is 164 Å². The molecule has 0 saturated carbocycles. The van der Waals surface area contributed by atoms with E-state index in [0.717, 1.165) is 42.1 Å². The summed E-state index contributed by atoms with van der Waals surface area (Å²) in [6, 6.07) is 33.6. The van der Waals surface area contributed by atoms with Crippen molar-refractivity contribution in [1.82, 2.24) is 43.0 Å². The maximum Gasteiger partial charge on any atom is 0.268 e. The van der Waals surface area contributed by atoms with Gasteiger partial charge in [0.1, 0.15) is 63.1 Å². The van der Waals surface area contributed by atoms with Crippen molar-refractivity contribution >= 4 is 84.9 Å². The summed E-state index contributed by atoms with van der Waals surface area (Å²) in [6.45, 7) is 4.71. The maximum atomic E-state index is 16.8. The minimum absolute atomic E-state index is 0.0152. The zero-order valence-electron chi connectivity index (χ0n) is 48.4. The lowest BCUT2D eigenvalue weighted by atomic mass is 10.0. The number of rotatable bonds is 18. The fourth-order valence-corrected chi connectivity index (χ4v) is 11.8. The Kier molecular flexibility index (Phi) is 16.6. The summed E-state index contributed by atoms with van der Waals surface area (Å²) in [5.41, 5.74) is 0.896. The van der Waals surface area contributed by atoms with E-state index in [1.165, 1.54) is 64.7 Å². The predicted molar refractivity (Wildman–Crippen MR) is 332 cm³/mol. The number of para-hydroxylation sites is 3. The molecule has 456 valence electrons. The van der Waals surface area contributed by atoms with Gasteiger partial charge in [-0.2, -0.15) is 4.31 Å². The van der Waals surface area contributed by atoms with E-state index in [0.29, 0.717) is 75.7 Å².